The Labute approximate surface area is 186 Å². The second kappa shape index (κ2) is 10.0. The summed E-state index contributed by atoms with van der Waals surface area (Å²) < 4.78 is 11.9. The van der Waals surface area contributed by atoms with Crippen molar-refractivity contribution >= 4 is 21.9 Å². The predicted octanol–water partition coefficient (Wildman–Crippen LogP) is 4.79. The molecule has 0 saturated heterocycles. The highest BCUT2D eigenvalue weighted by Crippen LogP contribution is 2.33. The molecular formula is C24H28N6O2. The van der Waals surface area contributed by atoms with Crippen LogP contribution < -0.4 is 11.5 Å². The van der Waals surface area contributed by atoms with Gasteiger partial charge in [0.1, 0.15) is 34.2 Å². The summed E-state index contributed by atoms with van der Waals surface area (Å²) in [4.78, 5) is 14.7. The van der Waals surface area contributed by atoms with Crippen LogP contribution in [0.1, 0.15) is 32.4 Å². The topological polar surface area (TPSA) is 136 Å². The van der Waals surface area contributed by atoms with Gasteiger partial charge >= 0.3 is 0 Å². The molecule has 0 aliphatic carbocycles. The van der Waals surface area contributed by atoms with E-state index in [4.69, 9.17) is 20.3 Å². The number of H-pyrrole nitrogens is 2. The molecule has 0 aliphatic rings. The van der Waals surface area contributed by atoms with Crippen molar-refractivity contribution in [3.63, 3.8) is 0 Å². The molecule has 8 heteroatoms. The van der Waals surface area contributed by atoms with E-state index in [1.54, 1.807) is 12.4 Å². The van der Waals surface area contributed by atoms with E-state index >= 15 is 0 Å². The number of rotatable bonds is 4. The van der Waals surface area contributed by atoms with Gasteiger partial charge < -0.3 is 30.3 Å². The molecule has 0 aliphatic heterocycles. The minimum Gasteiger partial charge on any atom is -0.454 e. The summed E-state index contributed by atoms with van der Waals surface area (Å²) in [6.07, 6.45) is 11.4. The van der Waals surface area contributed by atoms with Gasteiger partial charge in [0, 0.05) is 10.8 Å². The number of fused-ring (bicyclic) bond motifs is 2. The molecular weight excluding hydrogens is 404 g/mol. The molecule has 0 atom stereocenters. The van der Waals surface area contributed by atoms with Gasteiger partial charge in [0.15, 0.2) is 11.5 Å². The Bertz CT molecular complexity index is 1170. The van der Waals surface area contributed by atoms with Crippen molar-refractivity contribution < 1.29 is 8.83 Å². The largest absolute Gasteiger partial charge is 0.454 e. The standard InChI is InChI=1S/C18H16N6O2.C4H10.C2H2/c19-5-17-21-7-11(23-17)15-3-9-1-13-10(2-14(9)26-15)4-16(25-13)12-8-22-18(6-20)24-12;1-4(2)3;1-2/h1-4,7-8H,5-6,19-20H2,(H,21,23)(H,22,24);4H,1-3H3;1-2H. The Morgan fingerprint density at radius 1 is 0.781 bits per heavy atom. The van der Waals surface area contributed by atoms with Crippen LogP contribution in [0.5, 0.6) is 0 Å². The van der Waals surface area contributed by atoms with E-state index in [1.807, 2.05) is 24.3 Å². The van der Waals surface area contributed by atoms with Gasteiger partial charge in [0.2, 0.25) is 0 Å². The van der Waals surface area contributed by atoms with Crippen LogP contribution in [0.25, 0.3) is 44.8 Å². The highest BCUT2D eigenvalue weighted by atomic mass is 16.3. The molecule has 166 valence electrons. The lowest BCUT2D eigenvalue weighted by molar-refractivity contribution is 0.625. The third kappa shape index (κ3) is 4.91. The Morgan fingerprint density at radius 2 is 1.16 bits per heavy atom. The van der Waals surface area contributed by atoms with Crippen LogP contribution in [0, 0.1) is 18.8 Å². The maximum Gasteiger partial charge on any atom is 0.153 e. The van der Waals surface area contributed by atoms with E-state index in [-0.39, 0.29) is 0 Å². The lowest BCUT2D eigenvalue weighted by Gasteiger charge is -1.90. The molecule has 5 aromatic rings. The van der Waals surface area contributed by atoms with Crippen LogP contribution in [0.3, 0.4) is 0 Å². The molecule has 8 nitrogen and oxygen atoms in total. The fourth-order valence-electron chi connectivity index (χ4n) is 3.02. The van der Waals surface area contributed by atoms with Crippen molar-refractivity contribution in [3.05, 3.63) is 48.3 Å². The molecule has 0 radical (unpaired) electrons. The fraction of sp³-hybridized carbons (Fsp3) is 0.250. The second-order valence-corrected chi connectivity index (χ2v) is 7.78. The zero-order chi connectivity index (χ0) is 23.3. The first kappa shape index (κ1) is 22.9. The molecule has 0 fully saturated rings. The summed E-state index contributed by atoms with van der Waals surface area (Å²) >= 11 is 0. The molecule has 0 spiro atoms. The van der Waals surface area contributed by atoms with Crippen LogP contribution in [0.15, 0.2) is 45.5 Å². The van der Waals surface area contributed by atoms with Gasteiger partial charge in [-0.05, 0) is 30.2 Å². The number of terminal acetylenes is 1. The van der Waals surface area contributed by atoms with Crippen molar-refractivity contribution in [1.29, 1.82) is 0 Å². The number of nitrogens with zero attached hydrogens (tertiary/aromatic N) is 2. The first-order valence-electron chi connectivity index (χ1n) is 10.3. The van der Waals surface area contributed by atoms with Crippen molar-refractivity contribution in [2.24, 2.45) is 17.4 Å². The zero-order valence-corrected chi connectivity index (χ0v) is 18.5. The quantitative estimate of drug-likeness (QED) is 0.302. The van der Waals surface area contributed by atoms with E-state index < -0.39 is 0 Å². The lowest BCUT2D eigenvalue weighted by atomic mass is 10.2. The van der Waals surface area contributed by atoms with Crippen LogP contribution in [-0.2, 0) is 13.1 Å². The van der Waals surface area contributed by atoms with Gasteiger partial charge in [0.05, 0.1) is 25.5 Å². The summed E-state index contributed by atoms with van der Waals surface area (Å²) in [5.41, 5.74) is 14.3. The summed E-state index contributed by atoms with van der Waals surface area (Å²) in [5, 5.41) is 1.90. The van der Waals surface area contributed by atoms with Crippen molar-refractivity contribution in [1.82, 2.24) is 19.9 Å². The summed E-state index contributed by atoms with van der Waals surface area (Å²) in [5.74, 6) is 3.69. The highest BCUT2D eigenvalue weighted by molar-refractivity contribution is 5.96. The maximum atomic E-state index is 5.97. The van der Waals surface area contributed by atoms with Crippen molar-refractivity contribution in [3.8, 4) is 35.8 Å². The van der Waals surface area contributed by atoms with E-state index in [2.05, 4.69) is 53.6 Å². The van der Waals surface area contributed by atoms with Gasteiger partial charge in [-0.15, -0.1) is 12.8 Å². The Balaban J connectivity index is 0.000000437. The van der Waals surface area contributed by atoms with Gasteiger partial charge in [-0.25, -0.2) is 9.97 Å². The average Bonchev–Trinajstić information content (AvgIpc) is 3.57. The molecule has 0 amide bonds. The zero-order valence-electron chi connectivity index (χ0n) is 18.5. The Morgan fingerprint density at radius 3 is 1.47 bits per heavy atom. The predicted molar refractivity (Wildman–Crippen MR) is 127 cm³/mol. The SMILES string of the molecule is C#C.CC(C)C.NCc1ncc(-c2cc3cc4oc(-c5cnc(CN)[nH]5)cc4cc3o2)[nH]1. The van der Waals surface area contributed by atoms with Crippen LogP contribution in [0.2, 0.25) is 0 Å². The molecule has 32 heavy (non-hydrogen) atoms. The third-order valence-electron chi connectivity index (χ3n) is 4.33. The summed E-state index contributed by atoms with van der Waals surface area (Å²) in [6.45, 7) is 7.21. The number of aromatic amines is 2. The summed E-state index contributed by atoms with van der Waals surface area (Å²) in [6, 6.07) is 7.82. The molecule has 0 saturated carbocycles. The fourth-order valence-corrected chi connectivity index (χ4v) is 3.02. The van der Waals surface area contributed by atoms with Crippen LogP contribution in [-0.4, -0.2) is 19.9 Å². The number of benzene rings is 1. The lowest BCUT2D eigenvalue weighted by Crippen LogP contribution is -1.97. The first-order valence-corrected chi connectivity index (χ1v) is 10.3. The van der Waals surface area contributed by atoms with Gasteiger partial charge in [0.25, 0.3) is 0 Å². The minimum absolute atomic E-state index is 0.357. The van der Waals surface area contributed by atoms with Crippen molar-refractivity contribution in [2.75, 3.05) is 0 Å². The second-order valence-electron chi connectivity index (χ2n) is 7.78. The van der Waals surface area contributed by atoms with Gasteiger partial charge in [-0.3, -0.25) is 0 Å². The monoisotopic (exact) mass is 432 g/mol. The van der Waals surface area contributed by atoms with Crippen LogP contribution in [0.4, 0.5) is 0 Å². The number of nitrogens with one attached hydrogen (secondary N) is 2. The normalized spacial score (nSPS) is 10.8. The smallest absolute Gasteiger partial charge is 0.153 e. The van der Waals surface area contributed by atoms with Gasteiger partial charge in [-0.1, -0.05) is 20.8 Å². The molecule has 0 unspecified atom stereocenters. The molecule has 1 aromatic carbocycles. The molecule has 5 rings (SSSR count). The number of aromatic nitrogens is 4. The van der Waals surface area contributed by atoms with Crippen molar-refractivity contribution in [2.45, 2.75) is 33.9 Å². The molecule has 4 heterocycles. The van der Waals surface area contributed by atoms with E-state index in [1.165, 1.54) is 0 Å². The molecule has 4 aromatic heterocycles. The van der Waals surface area contributed by atoms with E-state index in [0.717, 1.165) is 50.9 Å². The first-order chi connectivity index (χ1) is 15.5. The maximum absolute atomic E-state index is 5.97. The van der Waals surface area contributed by atoms with E-state index in [9.17, 15) is 0 Å². The van der Waals surface area contributed by atoms with E-state index in [0.29, 0.717) is 24.6 Å². The number of hydrogen-bond donors (Lipinski definition) is 4. The number of nitrogens with two attached hydrogens (primary N) is 2. The molecule has 0 bridgehead atoms. The van der Waals surface area contributed by atoms with Gasteiger partial charge in [-0.2, -0.15) is 0 Å². The minimum atomic E-state index is 0.357. The number of imidazole rings is 2. The number of furan rings is 2. The molecule has 6 N–H and O–H groups in total. The third-order valence-corrected chi connectivity index (χ3v) is 4.33. The Kier molecular flexibility index (Phi) is 7.15. The average molecular weight is 433 g/mol. The highest BCUT2D eigenvalue weighted by Gasteiger charge is 2.14. The summed E-state index contributed by atoms with van der Waals surface area (Å²) in [7, 11) is 0. The number of hydrogen-bond acceptors (Lipinski definition) is 6. The Hall–Kier alpha value is -3.80. The van der Waals surface area contributed by atoms with Crippen LogP contribution >= 0.6 is 0 Å².